The van der Waals surface area contributed by atoms with Crippen LogP contribution in [0.3, 0.4) is 0 Å². The predicted molar refractivity (Wildman–Crippen MR) is 59.3 cm³/mol. The van der Waals surface area contributed by atoms with Crippen LogP contribution in [0.5, 0.6) is 0 Å². The Kier molecular flexibility index (Phi) is 2.78. The van der Waals surface area contributed by atoms with E-state index >= 15 is 0 Å². The molecule has 1 aromatic rings. The number of aryl methyl sites for hydroxylation is 1. The zero-order valence-corrected chi connectivity index (χ0v) is 9.61. The Morgan fingerprint density at radius 1 is 1.53 bits per heavy atom. The van der Waals surface area contributed by atoms with E-state index in [-0.39, 0.29) is 5.54 Å². The molecule has 1 aliphatic carbocycles. The van der Waals surface area contributed by atoms with Crippen molar-refractivity contribution in [2.75, 3.05) is 0 Å². The maximum atomic E-state index is 5.93. The van der Waals surface area contributed by atoms with Crippen molar-refractivity contribution in [2.45, 2.75) is 51.6 Å². The summed E-state index contributed by atoms with van der Waals surface area (Å²) in [4.78, 5) is 0. The third-order valence-electron chi connectivity index (χ3n) is 2.75. The summed E-state index contributed by atoms with van der Waals surface area (Å²) in [6.45, 7) is 5.13. The molecule has 0 amide bonds. The standard InChI is InChI=1S/C11H20N4/c1-11(2,12)6-5-10-8-15(14-13-10)7-9-3-4-9/h8-9H,3-7,12H2,1-2H3. The molecule has 1 fully saturated rings. The molecule has 0 spiro atoms. The molecular weight excluding hydrogens is 188 g/mol. The third-order valence-corrected chi connectivity index (χ3v) is 2.75. The number of hydrogen-bond acceptors (Lipinski definition) is 3. The minimum atomic E-state index is -0.111. The lowest BCUT2D eigenvalue weighted by Crippen LogP contribution is -2.32. The molecule has 0 unspecified atom stereocenters. The molecule has 0 bridgehead atoms. The summed E-state index contributed by atoms with van der Waals surface area (Å²) in [7, 11) is 0. The van der Waals surface area contributed by atoms with Gasteiger partial charge in [-0.05, 0) is 45.4 Å². The van der Waals surface area contributed by atoms with Crippen LogP contribution in [0, 0.1) is 5.92 Å². The van der Waals surface area contributed by atoms with Gasteiger partial charge in [0, 0.05) is 18.3 Å². The molecular formula is C11H20N4. The highest BCUT2D eigenvalue weighted by atomic mass is 15.4. The molecule has 0 aromatic carbocycles. The van der Waals surface area contributed by atoms with Crippen molar-refractivity contribution in [3.63, 3.8) is 0 Å². The van der Waals surface area contributed by atoms with Crippen LogP contribution in [-0.4, -0.2) is 20.5 Å². The Morgan fingerprint density at radius 3 is 2.87 bits per heavy atom. The Bertz CT molecular complexity index is 320. The van der Waals surface area contributed by atoms with Crippen LogP contribution in [-0.2, 0) is 13.0 Å². The van der Waals surface area contributed by atoms with E-state index in [1.165, 1.54) is 12.8 Å². The molecule has 0 aliphatic heterocycles. The first-order valence-corrected chi connectivity index (χ1v) is 5.71. The number of nitrogens with two attached hydrogens (primary N) is 1. The van der Waals surface area contributed by atoms with Crippen molar-refractivity contribution in [3.8, 4) is 0 Å². The first-order chi connectivity index (χ1) is 7.03. The smallest absolute Gasteiger partial charge is 0.0827 e. The monoisotopic (exact) mass is 208 g/mol. The molecule has 0 atom stereocenters. The van der Waals surface area contributed by atoms with Gasteiger partial charge in [-0.15, -0.1) is 5.10 Å². The summed E-state index contributed by atoms with van der Waals surface area (Å²) in [5.41, 5.74) is 6.88. The second-order valence-electron chi connectivity index (χ2n) is 5.36. The second-order valence-corrected chi connectivity index (χ2v) is 5.36. The number of aromatic nitrogens is 3. The quantitative estimate of drug-likeness (QED) is 0.795. The van der Waals surface area contributed by atoms with Crippen LogP contribution >= 0.6 is 0 Å². The fourth-order valence-electron chi connectivity index (χ4n) is 1.56. The van der Waals surface area contributed by atoms with Crippen molar-refractivity contribution in [1.82, 2.24) is 15.0 Å². The first kappa shape index (κ1) is 10.6. The number of rotatable bonds is 5. The second kappa shape index (κ2) is 3.93. The molecule has 1 heterocycles. The zero-order valence-electron chi connectivity index (χ0n) is 9.61. The average Bonchev–Trinajstić information content (AvgIpc) is 2.79. The van der Waals surface area contributed by atoms with E-state index in [9.17, 15) is 0 Å². The lowest BCUT2D eigenvalue weighted by molar-refractivity contribution is 0.474. The van der Waals surface area contributed by atoms with Crippen molar-refractivity contribution in [1.29, 1.82) is 0 Å². The van der Waals surface area contributed by atoms with E-state index in [1.54, 1.807) is 0 Å². The zero-order chi connectivity index (χ0) is 10.9. The molecule has 1 aliphatic rings. The normalized spacial score (nSPS) is 17.0. The molecule has 4 heteroatoms. The molecule has 0 saturated heterocycles. The SMILES string of the molecule is CC(C)(N)CCc1cn(CC2CC2)nn1. The van der Waals surface area contributed by atoms with Crippen LogP contribution in [0.4, 0.5) is 0 Å². The summed E-state index contributed by atoms with van der Waals surface area (Å²) < 4.78 is 1.97. The van der Waals surface area contributed by atoms with Gasteiger partial charge in [0.05, 0.1) is 5.69 Å². The van der Waals surface area contributed by atoms with Crippen LogP contribution < -0.4 is 5.73 Å². The summed E-state index contributed by atoms with van der Waals surface area (Å²) in [5.74, 6) is 0.852. The van der Waals surface area contributed by atoms with Crippen LogP contribution in [0.25, 0.3) is 0 Å². The summed E-state index contributed by atoms with van der Waals surface area (Å²) in [5, 5.41) is 8.28. The lowest BCUT2D eigenvalue weighted by atomic mass is 9.99. The predicted octanol–water partition coefficient (Wildman–Crippen LogP) is 1.36. The average molecular weight is 208 g/mol. The van der Waals surface area contributed by atoms with Gasteiger partial charge in [0.15, 0.2) is 0 Å². The van der Waals surface area contributed by atoms with Gasteiger partial charge in [-0.2, -0.15) is 0 Å². The van der Waals surface area contributed by atoms with E-state index in [4.69, 9.17) is 5.73 Å². The molecule has 1 saturated carbocycles. The van der Waals surface area contributed by atoms with E-state index < -0.39 is 0 Å². The van der Waals surface area contributed by atoms with Crippen molar-refractivity contribution in [2.24, 2.45) is 11.7 Å². The van der Waals surface area contributed by atoms with Crippen LogP contribution in [0.15, 0.2) is 6.20 Å². The molecule has 2 N–H and O–H groups in total. The van der Waals surface area contributed by atoms with E-state index in [0.29, 0.717) is 0 Å². The minimum Gasteiger partial charge on any atom is -0.326 e. The lowest BCUT2D eigenvalue weighted by Gasteiger charge is -2.16. The van der Waals surface area contributed by atoms with Gasteiger partial charge in [-0.3, -0.25) is 4.68 Å². The number of hydrogen-bond donors (Lipinski definition) is 1. The topological polar surface area (TPSA) is 56.7 Å². The Morgan fingerprint density at radius 2 is 2.27 bits per heavy atom. The Hall–Kier alpha value is -0.900. The van der Waals surface area contributed by atoms with Gasteiger partial charge in [-0.1, -0.05) is 5.21 Å². The van der Waals surface area contributed by atoms with Gasteiger partial charge in [0.2, 0.25) is 0 Å². The maximum Gasteiger partial charge on any atom is 0.0827 e. The van der Waals surface area contributed by atoms with Crippen molar-refractivity contribution < 1.29 is 0 Å². The largest absolute Gasteiger partial charge is 0.326 e. The maximum absolute atomic E-state index is 5.93. The number of nitrogens with zero attached hydrogens (tertiary/aromatic N) is 3. The van der Waals surface area contributed by atoms with Crippen LogP contribution in [0.2, 0.25) is 0 Å². The Balaban J connectivity index is 1.83. The van der Waals surface area contributed by atoms with Gasteiger partial charge in [0.25, 0.3) is 0 Å². The minimum absolute atomic E-state index is 0.111. The van der Waals surface area contributed by atoms with Gasteiger partial charge >= 0.3 is 0 Å². The molecule has 1 aromatic heterocycles. The first-order valence-electron chi connectivity index (χ1n) is 5.71. The summed E-state index contributed by atoms with van der Waals surface area (Å²) >= 11 is 0. The fraction of sp³-hybridized carbons (Fsp3) is 0.818. The summed E-state index contributed by atoms with van der Waals surface area (Å²) in [6.07, 6.45) is 6.64. The van der Waals surface area contributed by atoms with Crippen LogP contribution in [0.1, 0.15) is 38.8 Å². The highest BCUT2D eigenvalue weighted by molar-refractivity contribution is 4.95. The summed E-state index contributed by atoms with van der Waals surface area (Å²) in [6, 6.07) is 0. The highest BCUT2D eigenvalue weighted by Gasteiger charge is 2.22. The highest BCUT2D eigenvalue weighted by Crippen LogP contribution is 2.30. The molecule has 4 nitrogen and oxygen atoms in total. The van der Waals surface area contributed by atoms with E-state index in [1.807, 2.05) is 18.5 Å². The molecule has 84 valence electrons. The van der Waals surface area contributed by atoms with Gasteiger partial charge in [0.1, 0.15) is 0 Å². The van der Waals surface area contributed by atoms with Gasteiger partial charge in [-0.25, -0.2) is 0 Å². The third kappa shape index (κ3) is 3.63. The van der Waals surface area contributed by atoms with Crippen molar-refractivity contribution in [3.05, 3.63) is 11.9 Å². The van der Waals surface area contributed by atoms with E-state index in [2.05, 4.69) is 16.5 Å². The molecule has 15 heavy (non-hydrogen) atoms. The van der Waals surface area contributed by atoms with E-state index in [0.717, 1.165) is 31.0 Å². The molecule has 2 rings (SSSR count). The van der Waals surface area contributed by atoms with Gasteiger partial charge < -0.3 is 5.73 Å². The Labute approximate surface area is 90.8 Å². The van der Waals surface area contributed by atoms with Crippen molar-refractivity contribution >= 4 is 0 Å². The molecule has 0 radical (unpaired) electrons. The fourth-order valence-corrected chi connectivity index (χ4v) is 1.56.